The van der Waals surface area contributed by atoms with Gasteiger partial charge < -0.3 is 19.7 Å². The highest BCUT2D eigenvalue weighted by Crippen LogP contribution is 2.31. The molecule has 1 saturated heterocycles. The first kappa shape index (κ1) is 24.1. The summed E-state index contributed by atoms with van der Waals surface area (Å²) in [5.41, 5.74) is 1.68. The van der Waals surface area contributed by atoms with Gasteiger partial charge in [-0.1, -0.05) is 29.8 Å². The molecule has 1 atom stereocenters. The van der Waals surface area contributed by atoms with Crippen molar-refractivity contribution < 1.29 is 23.9 Å². The van der Waals surface area contributed by atoms with E-state index in [-0.39, 0.29) is 13.0 Å². The van der Waals surface area contributed by atoms with Crippen molar-refractivity contribution in [1.29, 1.82) is 0 Å². The highest BCUT2D eigenvalue weighted by atomic mass is 35.5. The van der Waals surface area contributed by atoms with Gasteiger partial charge in [0.25, 0.3) is 5.91 Å². The summed E-state index contributed by atoms with van der Waals surface area (Å²) in [4.78, 5) is 42.3. The number of methoxy groups -OCH3 is 2. The van der Waals surface area contributed by atoms with Gasteiger partial charge in [-0.2, -0.15) is 0 Å². The Morgan fingerprint density at radius 1 is 0.943 bits per heavy atom. The monoisotopic (exact) mass is 493 g/mol. The molecule has 0 spiro atoms. The molecule has 1 fully saturated rings. The fourth-order valence-electron chi connectivity index (χ4n) is 3.89. The number of amides is 4. The predicted molar refractivity (Wildman–Crippen MR) is 133 cm³/mol. The van der Waals surface area contributed by atoms with Crippen molar-refractivity contribution >= 4 is 40.8 Å². The Balaban J connectivity index is 1.62. The maximum absolute atomic E-state index is 13.5. The van der Waals surface area contributed by atoms with Crippen molar-refractivity contribution in [3.05, 3.63) is 83.4 Å². The van der Waals surface area contributed by atoms with Crippen LogP contribution in [0.2, 0.25) is 5.02 Å². The largest absolute Gasteiger partial charge is 0.497 e. The molecule has 0 radical (unpaired) electrons. The molecule has 35 heavy (non-hydrogen) atoms. The Hall–Kier alpha value is -4.04. The Kier molecular flexibility index (Phi) is 7.22. The van der Waals surface area contributed by atoms with Gasteiger partial charge in [0.2, 0.25) is 5.91 Å². The van der Waals surface area contributed by atoms with Gasteiger partial charge in [-0.3, -0.25) is 9.59 Å². The summed E-state index contributed by atoms with van der Waals surface area (Å²) in [6.07, 6.45) is -0.211. The van der Waals surface area contributed by atoms with E-state index in [0.29, 0.717) is 27.9 Å². The van der Waals surface area contributed by atoms with Crippen molar-refractivity contribution in [2.24, 2.45) is 0 Å². The van der Waals surface area contributed by atoms with Gasteiger partial charge in [0, 0.05) is 23.3 Å². The lowest BCUT2D eigenvalue weighted by Crippen LogP contribution is -2.37. The van der Waals surface area contributed by atoms with Gasteiger partial charge in [-0.15, -0.1) is 0 Å². The number of anilines is 2. The standard InChI is InChI=1S/C26H24ClN3O5/c1-34-21-7-3-5-17(13-21)16-29-23(15-24(31)28-19-11-9-18(27)10-12-19)25(32)30(26(29)33)20-6-4-8-22(14-20)35-2/h3-14,23H,15-16H2,1-2H3,(H,28,31)/t23-/m1/s1. The molecule has 0 aliphatic carbocycles. The minimum Gasteiger partial charge on any atom is -0.497 e. The molecule has 9 heteroatoms. The third-order valence-electron chi connectivity index (χ3n) is 5.62. The van der Waals surface area contributed by atoms with Gasteiger partial charge in [0.05, 0.1) is 26.3 Å². The Morgan fingerprint density at radius 2 is 1.60 bits per heavy atom. The van der Waals surface area contributed by atoms with Crippen LogP contribution in [0, 0.1) is 0 Å². The number of carbonyl (C=O) groups excluding carboxylic acids is 3. The summed E-state index contributed by atoms with van der Waals surface area (Å²) in [6, 6.07) is 19.0. The van der Waals surface area contributed by atoms with E-state index in [1.54, 1.807) is 73.8 Å². The fourth-order valence-corrected chi connectivity index (χ4v) is 4.02. The third-order valence-corrected chi connectivity index (χ3v) is 5.88. The van der Waals surface area contributed by atoms with E-state index in [4.69, 9.17) is 21.1 Å². The van der Waals surface area contributed by atoms with E-state index in [9.17, 15) is 14.4 Å². The van der Waals surface area contributed by atoms with Crippen LogP contribution in [0.3, 0.4) is 0 Å². The summed E-state index contributed by atoms with van der Waals surface area (Å²) < 4.78 is 10.5. The number of halogens is 1. The molecule has 3 aromatic carbocycles. The number of nitrogens with zero attached hydrogens (tertiary/aromatic N) is 2. The first-order valence-electron chi connectivity index (χ1n) is 10.9. The average molecular weight is 494 g/mol. The first-order chi connectivity index (χ1) is 16.9. The molecule has 0 bridgehead atoms. The van der Waals surface area contributed by atoms with Crippen molar-refractivity contribution in [3.8, 4) is 11.5 Å². The van der Waals surface area contributed by atoms with Crippen molar-refractivity contribution in [1.82, 2.24) is 4.90 Å². The van der Waals surface area contributed by atoms with Crippen LogP contribution < -0.4 is 19.7 Å². The van der Waals surface area contributed by atoms with E-state index in [1.165, 1.54) is 12.0 Å². The fraction of sp³-hybridized carbons (Fsp3) is 0.192. The van der Waals surface area contributed by atoms with Crippen molar-refractivity contribution in [2.45, 2.75) is 19.0 Å². The van der Waals surface area contributed by atoms with Crippen LogP contribution in [0.1, 0.15) is 12.0 Å². The number of hydrogen-bond acceptors (Lipinski definition) is 5. The van der Waals surface area contributed by atoms with E-state index in [2.05, 4.69) is 5.32 Å². The van der Waals surface area contributed by atoms with Crippen LogP contribution in [0.4, 0.5) is 16.2 Å². The molecule has 1 heterocycles. The summed E-state index contributed by atoms with van der Waals surface area (Å²) in [5.74, 6) is 0.243. The maximum atomic E-state index is 13.5. The van der Waals surface area contributed by atoms with E-state index >= 15 is 0 Å². The maximum Gasteiger partial charge on any atom is 0.332 e. The Labute approximate surface area is 208 Å². The lowest BCUT2D eigenvalue weighted by molar-refractivity contribution is -0.124. The van der Waals surface area contributed by atoms with Crippen LogP contribution in [0.25, 0.3) is 0 Å². The van der Waals surface area contributed by atoms with Crippen molar-refractivity contribution in [2.75, 3.05) is 24.4 Å². The Bertz CT molecular complexity index is 1250. The van der Waals surface area contributed by atoms with Crippen LogP contribution in [0.5, 0.6) is 11.5 Å². The summed E-state index contributed by atoms with van der Waals surface area (Å²) in [6.45, 7) is 0.126. The highest BCUT2D eigenvalue weighted by Gasteiger charge is 2.46. The summed E-state index contributed by atoms with van der Waals surface area (Å²) >= 11 is 5.91. The molecule has 4 amide bonds. The van der Waals surface area contributed by atoms with Crippen LogP contribution in [0.15, 0.2) is 72.8 Å². The van der Waals surface area contributed by atoms with Gasteiger partial charge in [0.1, 0.15) is 17.5 Å². The van der Waals surface area contributed by atoms with Gasteiger partial charge in [-0.05, 0) is 54.1 Å². The van der Waals surface area contributed by atoms with Crippen LogP contribution >= 0.6 is 11.6 Å². The number of nitrogens with one attached hydrogen (secondary N) is 1. The molecular weight excluding hydrogens is 470 g/mol. The summed E-state index contributed by atoms with van der Waals surface area (Å²) in [7, 11) is 3.06. The number of carbonyl (C=O) groups is 3. The van der Waals surface area contributed by atoms with Crippen molar-refractivity contribution in [3.63, 3.8) is 0 Å². The third kappa shape index (κ3) is 5.38. The number of urea groups is 1. The number of benzene rings is 3. The molecule has 180 valence electrons. The molecule has 1 aliphatic heterocycles. The average Bonchev–Trinajstić information content (AvgIpc) is 3.09. The van der Waals surface area contributed by atoms with Gasteiger partial charge >= 0.3 is 6.03 Å². The predicted octanol–water partition coefficient (Wildman–Crippen LogP) is 4.72. The molecule has 4 rings (SSSR count). The number of ether oxygens (including phenoxy) is 2. The normalized spacial score (nSPS) is 15.3. The molecule has 1 N–H and O–H groups in total. The number of rotatable bonds is 8. The highest BCUT2D eigenvalue weighted by molar-refractivity contribution is 6.30. The lowest BCUT2D eigenvalue weighted by Gasteiger charge is -2.22. The SMILES string of the molecule is COc1cccc(CN2C(=O)N(c3cccc(OC)c3)C(=O)[C@H]2CC(=O)Nc2ccc(Cl)cc2)c1. The molecule has 0 saturated carbocycles. The molecule has 3 aromatic rings. The smallest absolute Gasteiger partial charge is 0.332 e. The van der Waals surface area contributed by atoms with Crippen LogP contribution in [-0.4, -0.2) is 43.0 Å². The topological polar surface area (TPSA) is 88.2 Å². The number of hydrogen-bond donors (Lipinski definition) is 1. The first-order valence-corrected chi connectivity index (χ1v) is 11.2. The second-order valence-corrected chi connectivity index (χ2v) is 8.35. The van der Waals surface area contributed by atoms with E-state index in [1.807, 2.05) is 6.07 Å². The minimum absolute atomic E-state index is 0.126. The second kappa shape index (κ2) is 10.5. The quantitative estimate of drug-likeness (QED) is 0.458. The second-order valence-electron chi connectivity index (χ2n) is 7.91. The zero-order valence-corrected chi connectivity index (χ0v) is 20.0. The molecular formula is C26H24ClN3O5. The van der Waals surface area contributed by atoms with E-state index < -0.39 is 23.9 Å². The van der Waals surface area contributed by atoms with E-state index in [0.717, 1.165) is 10.5 Å². The summed E-state index contributed by atoms with van der Waals surface area (Å²) in [5, 5.41) is 3.30. The molecule has 0 unspecified atom stereocenters. The molecule has 8 nitrogen and oxygen atoms in total. The zero-order chi connectivity index (χ0) is 24.9. The number of imide groups is 1. The molecule has 0 aromatic heterocycles. The zero-order valence-electron chi connectivity index (χ0n) is 19.2. The minimum atomic E-state index is -0.993. The lowest BCUT2D eigenvalue weighted by atomic mass is 10.1. The van der Waals surface area contributed by atoms with Crippen LogP contribution in [-0.2, 0) is 16.1 Å². The van der Waals surface area contributed by atoms with Gasteiger partial charge in [-0.25, -0.2) is 9.69 Å². The Morgan fingerprint density at radius 3 is 2.29 bits per heavy atom. The van der Waals surface area contributed by atoms with Gasteiger partial charge in [0.15, 0.2) is 0 Å². The molecule has 1 aliphatic rings.